The van der Waals surface area contributed by atoms with Gasteiger partial charge in [0.05, 0.1) is 17.9 Å². The van der Waals surface area contributed by atoms with Crippen molar-refractivity contribution in [3.63, 3.8) is 0 Å². The minimum atomic E-state index is -0.192. The lowest BCUT2D eigenvalue weighted by molar-refractivity contribution is 0.0985. The molecule has 6 nitrogen and oxygen atoms in total. The van der Waals surface area contributed by atoms with Gasteiger partial charge in [0.1, 0.15) is 0 Å². The molecule has 0 bridgehead atoms. The number of nitrogens with zero attached hydrogens (tertiary/aromatic N) is 2. The quantitative estimate of drug-likeness (QED) is 0.258. The molecule has 0 aromatic heterocycles. The molecule has 0 spiro atoms. The van der Waals surface area contributed by atoms with Crippen molar-refractivity contribution in [2.24, 2.45) is 4.99 Å². The Hall–Kier alpha value is -4.71. The fourth-order valence-corrected chi connectivity index (χ4v) is 5.77. The zero-order chi connectivity index (χ0) is 28.2. The number of amidine groups is 1. The molecule has 2 amide bonds. The van der Waals surface area contributed by atoms with Crippen LogP contribution in [0.4, 0.5) is 11.4 Å². The predicted molar refractivity (Wildman–Crippen MR) is 166 cm³/mol. The molecule has 2 atom stereocenters. The van der Waals surface area contributed by atoms with Crippen LogP contribution in [0.1, 0.15) is 64.9 Å². The van der Waals surface area contributed by atoms with Crippen molar-refractivity contribution in [2.45, 2.75) is 44.7 Å². The summed E-state index contributed by atoms with van der Waals surface area (Å²) in [6.07, 6.45) is 4.04. The highest BCUT2D eigenvalue weighted by Gasteiger charge is 2.36. The number of amides is 2. The van der Waals surface area contributed by atoms with E-state index in [0.29, 0.717) is 23.4 Å². The van der Waals surface area contributed by atoms with Crippen LogP contribution in [-0.2, 0) is 0 Å². The lowest BCUT2D eigenvalue weighted by atomic mass is 9.99. The number of rotatable bonds is 7. The van der Waals surface area contributed by atoms with Gasteiger partial charge in [-0.3, -0.25) is 14.6 Å². The van der Waals surface area contributed by atoms with Crippen LogP contribution in [-0.4, -0.2) is 30.2 Å². The van der Waals surface area contributed by atoms with Crippen LogP contribution in [0.2, 0.25) is 0 Å². The first-order valence-electron chi connectivity index (χ1n) is 14.4. The second kappa shape index (κ2) is 11.8. The third-order valence-electron chi connectivity index (χ3n) is 7.90. The van der Waals surface area contributed by atoms with Gasteiger partial charge in [-0.1, -0.05) is 80.1 Å². The van der Waals surface area contributed by atoms with Crippen molar-refractivity contribution >= 4 is 29.0 Å². The Bertz CT molecular complexity index is 1580. The molecular weight excluding hydrogens is 508 g/mol. The summed E-state index contributed by atoms with van der Waals surface area (Å²) in [4.78, 5) is 33.9. The summed E-state index contributed by atoms with van der Waals surface area (Å²) in [5.41, 5.74) is 5.68. The smallest absolute Gasteiger partial charge is 0.258 e. The topological polar surface area (TPSA) is 73.8 Å². The van der Waals surface area contributed by atoms with Gasteiger partial charge in [-0.25, -0.2) is 0 Å². The van der Waals surface area contributed by atoms with Gasteiger partial charge >= 0.3 is 0 Å². The van der Waals surface area contributed by atoms with Crippen LogP contribution < -0.4 is 15.5 Å². The second-order valence-electron chi connectivity index (χ2n) is 10.6. The Morgan fingerprint density at radius 1 is 0.902 bits per heavy atom. The van der Waals surface area contributed by atoms with E-state index in [1.54, 1.807) is 24.3 Å². The standard InChI is InChI=1S/C35H34N4O2/c1-2-3-17-32-37-30-22-23-39(31-16-10-9-15-29(31)33(30)38-32)35(41)25-18-20-26(21-19-25)36-34(40)28-14-8-7-13-27(28)24-11-5-4-6-12-24/h4-16,18-21,30,33H,2-3,17,22-23H2,1H3,(H,36,40)(H,37,38). The van der Waals surface area contributed by atoms with E-state index in [-0.39, 0.29) is 23.9 Å². The van der Waals surface area contributed by atoms with Crippen molar-refractivity contribution in [3.05, 3.63) is 120 Å². The molecule has 2 heterocycles. The van der Waals surface area contributed by atoms with Gasteiger partial charge in [0.25, 0.3) is 11.8 Å². The van der Waals surface area contributed by atoms with Crippen molar-refractivity contribution in [2.75, 3.05) is 16.8 Å². The van der Waals surface area contributed by atoms with Gasteiger partial charge < -0.3 is 15.5 Å². The number of aliphatic imine (C=N–C) groups is 1. The number of carbonyl (C=O) groups excluding carboxylic acids is 2. The van der Waals surface area contributed by atoms with E-state index in [4.69, 9.17) is 4.99 Å². The van der Waals surface area contributed by atoms with E-state index in [2.05, 4.69) is 23.6 Å². The highest BCUT2D eigenvalue weighted by Crippen LogP contribution is 2.38. The first-order chi connectivity index (χ1) is 20.1. The Morgan fingerprint density at radius 2 is 1.63 bits per heavy atom. The second-order valence-corrected chi connectivity index (χ2v) is 10.6. The molecule has 2 N–H and O–H groups in total. The summed E-state index contributed by atoms with van der Waals surface area (Å²) in [5, 5.41) is 6.63. The van der Waals surface area contributed by atoms with Gasteiger partial charge in [0.2, 0.25) is 0 Å². The number of para-hydroxylation sites is 1. The van der Waals surface area contributed by atoms with Crippen LogP contribution in [0.3, 0.4) is 0 Å². The number of benzene rings is 4. The molecule has 2 aliphatic heterocycles. The number of hydrogen-bond acceptors (Lipinski definition) is 4. The molecular formula is C35H34N4O2. The predicted octanol–water partition coefficient (Wildman–Crippen LogP) is 7.26. The van der Waals surface area contributed by atoms with E-state index in [1.165, 1.54) is 0 Å². The molecule has 0 fully saturated rings. The Kier molecular flexibility index (Phi) is 7.63. The lowest BCUT2D eigenvalue weighted by Gasteiger charge is -2.23. The minimum absolute atomic E-state index is 0.0206. The number of carbonyl (C=O) groups is 2. The Morgan fingerprint density at radius 3 is 2.44 bits per heavy atom. The van der Waals surface area contributed by atoms with Crippen molar-refractivity contribution in [1.82, 2.24) is 5.32 Å². The molecule has 0 saturated heterocycles. The maximum atomic E-state index is 13.8. The first-order valence-corrected chi connectivity index (χ1v) is 14.4. The normalized spacial score (nSPS) is 17.5. The third kappa shape index (κ3) is 5.50. The summed E-state index contributed by atoms with van der Waals surface area (Å²) >= 11 is 0. The summed E-state index contributed by atoms with van der Waals surface area (Å²) in [6, 6.07) is 32.9. The van der Waals surface area contributed by atoms with E-state index in [1.807, 2.05) is 77.7 Å². The fraction of sp³-hybridized carbons (Fsp3) is 0.229. The van der Waals surface area contributed by atoms with Gasteiger partial charge in [-0.15, -0.1) is 0 Å². The van der Waals surface area contributed by atoms with E-state index < -0.39 is 0 Å². The van der Waals surface area contributed by atoms with Gasteiger partial charge in [-0.05, 0) is 60.4 Å². The summed E-state index contributed by atoms with van der Waals surface area (Å²) < 4.78 is 0. The number of hydrogen-bond donors (Lipinski definition) is 2. The van der Waals surface area contributed by atoms with E-state index >= 15 is 0 Å². The SMILES string of the molecule is CCCCC1=NC2c3ccccc3N(C(=O)c3ccc(NC(=O)c4ccccc4-c4ccccc4)cc3)CCC2N1. The number of nitrogens with one attached hydrogen (secondary N) is 2. The molecule has 6 rings (SSSR count). The van der Waals surface area contributed by atoms with Crippen molar-refractivity contribution in [3.8, 4) is 11.1 Å². The summed E-state index contributed by atoms with van der Waals surface area (Å²) in [5.74, 6) is 0.836. The molecule has 4 aromatic rings. The average molecular weight is 543 g/mol. The van der Waals surface area contributed by atoms with Crippen molar-refractivity contribution in [1.29, 1.82) is 0 Å². The summed E-state index contributed by atoms with van der Waals surface area (Å²) in [6.45, 7) is 2.80. The molecule has 2 unspecified atom stereocenters. The highest BCUT2D eigenvalue weighted by molar-refractivity contribution is 6.10. The van der Waals surface area contributed by atoms with Gasteiger partial charge in [0, 0.05) is 41.0 Å². The maximum absolute atomic E-state index is 13.8. The monoisotopic (exact) mass is 542 g/mol. The lowest BCUT2D eigenvalue weighted by Crippen LogP contribution is -2.35. The van der Waals surface area contributed by atoms with E-state index in [9.17, 15) is 9.59 Å². The molecule has 206 valence electrons. The average Bonchev–Trinajstić information content (AvgIpc) is 3.37. The Balaban J connectivity index is 1.20. The van der Waals surface area contributed by atoms with Crippen LogP contribution in [0.15, 0.2) is 108 Å². The molecule has 2 aliphatic rings. The number of fused-ring (bicyclic) bond motifs is 3. The Labute approximate surface area is 241 Å². The third-order valence-corrected chi connectivity index (χ3v) is 7.90. The zero-order valence-corrected chi connectivity index (χ0v) is 23.2. The van der Waals surface area contributed by atoms with Crippen LogP contribution in [0.25, 0.3) is 11.1 Å². The highest BCUT2D eigenvalue weighted by atomic mass is 16.2. The first kappa shape index (κ1) is 26.5. The van der Waals surface area contributed by atoms with Crippen LogP contribution in [0.5, 0.6) is 0 Å². The fourth-order valence-electron chi connectivity index (χ4n) is 5.77. The molecule has 0 aliphatic carbocycles. The van der Waals surface area contributed by atoms with Crippen molar-refractivity contribution < 1.29 is 9.59 Å². The molecule has 0 radical (unpaired) electrons. The largest absolute Gasteiger partial charge is 0.369 e. The molecule has 4 aromatic carbocycles. The number of unbranched alkanes of at least 4 members (excludes halogenated alkanes) is 1. The molecule has 0 saturated carbocycles. The maximum Gasteiger partial charge on any atom is 0.258 e. The van der Waals surface area contributed by atoms with Gasteiger partial charge in [0.15, 0.2) is 0 Å². The molecule has 6 heteroatoms. The van der Waals surface area contributed by atoms with E-state index in [0.717, 1.165) is 53.9 Å². The van der Waals surface area contributed by atoms with Crippen LogP contribution >= 0.6 is 0 Å². The number of anilines is 2. The van der Waals surface area contributed by atoms with Gasteiger partial charge in [-0.2, -0.15) is 0 Å². The molecule has 41 heavy (non-hydrogen) atoms. The summed E-state index contributed by atoms with van der Waals surface area (Å²) in [7, 11) is 0. The zero-order valence-electron chi connectivity index (χ0n) is 23.2. The minimum Gasteiger partial charge on any atom is -0.369 e. The van der Waals surface area contributed by atoms with Crippen LogP contribution in [0, 0.1) is 0 Å².